The van der Waals surface area contributed by atoms with E-state index in [2.05, 4.69) is 42.1 Å². The van der Waals surface area contributed by atoms with Gasteiger partial charge in [-0.1, -0.05) is 109 Å². The van der Waals surface area contributed by atoms with Crippen LogP contribution in [0.1, 0.15) is 130 Å². The molecule has 1 fully saturated rings. The molecule has 11 unspecified atom stereocenters. The number of rotatable bonds is 37. The van der Waals surface area contributed by atoms with E-state index in [4.69, 9.17) is 4.74 Å². The Morgan fingerprint density at radius 2 is 1.22 bits per heavy atom. The van der Waals surface area contributed by atoms with Crippen molar-refractivity contribution in [2.45, 2.75) is 189 Å². The monoisotopic (exact) mass is 1200 g/mol. The second-order valence-electron chi connectivity index (χ2n) is 25.4. The summed E-state index contributed by atoms with van der Waals surface area (Å²) < 4.78 is 5.47. The first-order chi connectivity index (χ1) is 39.5. The maximum absolute atomic E-state index is 15.2. The third-order valence-corrected chi connectivity index (χ3v) is 15.2. The third-order valence-electron chi connectivity index (χ3n) is 15.2. The molecule has 25 heteroatoms. The summed E-state index contributed by atoms with van der Waals surface area (Å²) in [6.07, 6.45) is 4.25. The minimum absolute atomic E-state index is 0.00798. The summed E-state index contributed by atoms with van der Waals surface area (Å²) in [5, 5.41) is 31.2. The average Bonchev–Trinajstić information content (AvgIpc) is 3.43. The predicted molar refractivity (Wildman–Crippen MR) is 325 cm³/mol. The van der Waals surface area contributed by atoms with Gasteiger partial charge in [0.1, 0.15) is 42.2 Å². The molecular weight excluding hydrogens is 1100 g/mol. The number of hydrogen-bond donors (Lipinski definition) is 8. The van der Waals surface area contributed by atoms with Gasteiger partial charge in [0.15, 0.2) is 18.2 Å². The molecule has 0 saturated carbocycles. The first-order valence-electron chi connectivity index (χ1n) is 30.1. The number of morpholine rings is 1. The van der Waals surface area contributed by atoms with Crippen molar-refractivity contribution in [3.05, 3.63) is 12.2 Å². The summed E-state index contributed by atoms with van der Waals surface area (Å²) in [5.74, 6) is -7.26. The first kappa shape index (κ1) is 77.1. The molecule has 0 aliphatic carbocycles. The van der Waals surface area contributed by atoms with Gasteiger partial charge in [0, 0.05) is 53.7 Å². The van der Waals surface area contributed by atoms with Crippen molar-refractivity contribution in [3.8, 4) is 0 Å². The van der Waals surface area contributed by atoms with Crippen LogP contribution in [0.3, 0.4) is 0 Å². The number of carbonyl (C=O) groups excluding carboxylic acids is 11. The van der Waals surface area contributed by atoms with Crippen molar-refractivity contribution in [2.24, 2.45) is 41.4 Å². The van der Waals surface area contributed by atoms with Crippen molar-refractivity contribution >= 4 is 66.2 Å². The van der Waals surface area contributed by atoms with Crippen molar-refractivity contribution in [3.63, 3.8) is 0 Å². The Balaban J connectivity index is 3.73. The quantitative estimate of drug-likeness (QED) is 0.0247. The largest absolute Gasteiger partial charge is 0.390 e. The van der Waals surface area contributed by atoms with Gasteiger partial charge in [-0.2, -0.15) is 0 Å². The van der Waals surface area contributed by atoms with Gasteiger partial charge in [0.2, 0.25) is 41.4 Å². The van der Waals surface area contributed by atoms with Crippen LogP contribution >= 0.6 is 0 Å². The second kappa shape index (κ2) is 36.3. The van der Waals surface area contributed by atoms with E-state index in [-0.39, 0.29) is 42.9 Å². The molecule has 486 valence electrons. The fourth-order valence-electron chi connectivity index (χ4n) is 10.2. The van der Waals surface area contributed by atoms with E-state index in [1.54, 1.807) is 68.5 Å². The Morgan fingerprint density at radius 1 is 0.647 bits per heavy atom. The molecule has 0 aromatic rings. The maximum Gasteiger partial charge on any atom is 0.317 e. The summed E-state index contributed by atoms with van der Waals surface area (Å²) in [6, 6.07) is -9.10. The smallest absolute Gasteiger partial charge is 0.317 e. The minimum atomic E-state index is -1.87. The van der Waals surface area contributed by atoms with E-state index in [0.717, 1.165) is 9.80 Å². The number of aldehydes is 3. The van der Waals surface area contributed by atoms with E-state index in [0.29, 0.717) is 58.1 Å². The number of aliphatic hydroxyl groups is 1. The molecule has 9 amide bonds. The molecule has 1 heterocycles. The molecule has 11 atom stereocenters. The van der Waals surface area contributed by atoms with Crippen LogP contribution < -0.4 is 37.2 Å². The van der Waals surface area contributed by atoms with Crippen LogP contribution in [-0.2, 0) is 52.7 Å². The predicted octanol–water partition coefficient (Wildman–Crippen LogP) is 1.27. The topological polar surface area (TPSA) is 318 Å². The summed E-state index contributed by atoms with van der Waals surface area (Å²) in [5.41, 5.74) is -3.51. The number of nitrogens with one attached hydrogen (secondary N) is 7. The number of nitrogens with zero attached hydrogens (tertiary/aromatic N) is 5. The van der Waals surface area contributed by atoms with E-state index >= 15 is 9.59 Å². The Labute approximate surface area is 506 Å². The highest BCUT2D eigenvalue weighted by molar-refractivity contribution is 5.97. The standard InChI is InChI=1S/C60H108N12O13/c1-21-43(54(80)68(17)32-47(76)65-60(35-75,31-38(6)7)64-45(33-73)39(8)9)62-53(79)50(51(77)42(14)23-22-24-72-25-27-85-28-26-72)71(20)57(83)49(41(12)13)70(19)55(81)46(30-37(4)5)69(18)56(82)48(40(10)11)63-58(84)67-59(15,34-74)66-52(78)44(61-16)29-36(2)3/h22-23,33-46,48-51,61,64,77H,21,24-32H2,1-20H3,(H,62,79)(H,65,76)(H,66,78)(H2,63,67,84). The van der Waals surface area contributed by atoms with Gasteiger partial charge in [-0.15, -0.1) is 0 Å². The van der Waals surface area contributed by atoms with Crippen LogP contribution in [0.5, 0.6) is 0 Å². The molecule has 0 spiro atoms. The second-order valence-corrected chi connectivity index (χ2v) is 25.4. The number of carbonyl (C=O) groups is 11. The molecule has 1 rings (SSSR count). The van der Waals surface area contributed by atoms with E-state index in [1.165, 1.54) is 44.9 Å². The normalized spacial score (nSPS) is 17.7. The average molecular weight is 1210 g/mol. The SMILES string of the molecule is CCC(NC(=O)C(C(O)C(C)C=CCN1CCOCC1)N(C)C(=O)C(C(C)C)N(C)C(=O)C(CC(C)C)N(C)C(=O)C(NC(=O)NC(C)(C=O)NC(=O)C(CC(C)C)NC)C(C)C)C(=O)N(C)CC(=O)NC(C=O)(CC(C)C)NC(C=O)C(C)C. The number of urea groups is 1. The summed E-state index contributed by atoms with van der Waals surface area (Å²) in [6.45, 7) is 28.7. The van der Waals surface area contributed by atoms with Crippen LogP contribution in [0, 0.1) is 41.4 Å². The van der Waals surface area contributed by atoms with Crippen LogP contribution in [-0.4, -0.2) is 230 Å². The highest BCUT2D eigenvalue weighted by Gasteiger charge is 2.45. The Bertz CT molecular complexity index is 2240. The van der Waals surface area contributed by atoms with E-state index < -0.39 is 131 Å². The molecule has 1 aliphatic heterocycles. The van der Waals surface area contributed by atoms with Gasteiger partial charge in [-0.05, 0) is 75.2 Å². The van der Waals surface area contributed by atoms with Gasteiger partial charge in [0.25, 0.3) is 0 Å². The van der Waals surface area contributed by atoms with E-state index in [1.807, 2.05) is 47.6 Å². The lowest BCUT2D eigenvalue weighted by Crippen LogP contribution is -2.66. The highest BCUT2D eigenvalue weighted by Crippen LogP contribution is 2.24. The number of ether oxygens (including phenoxy) is 1. The van der Waals surface area contributed by atoms with Crippen LogP contribution in [0.15, 0.2) is 12.2 Å². The van der Waals surface area contributed by atoms with Gasteiger partial charge in [-0.25, -0.2) is 4.79 Å². The lowest BCUT2D eigenvalue weighted by Gasteiger charge is -2.41. The van der Waals surface area contributed by atoms with E-state index in [9.17, 15) is 48.3 Å². The highest BCUT2D eigenvalue weighted by atomic mass is 16.5. The van der Waals surface area contributed by atoms with Gasteiger partial charge < -0.3 is 66.1 Å². The number of likely N-dealkylation sites (N-methyl/N-ethyl adjacent to an activating group) is 5. The van der Waals surface area contributed by atoms with Crippen molar-refractivity contribution < 1.29 is 62.6 Å². The molecule has 0 aromatic carbocycles. The van der Waals surface area contributed by atoms with Crippen molar-refractivity contribution in [1.29, 1.82) is 0 Å². The summed E-state index contributed by atoms with van der Waals surface area (Å²) in [4.78, 5) is 158. The number of amides is 9. The maximum atomic E-state index is 15.2. The number of aliphatic hydroxyl groups excluding tert-OH is 1. The molecule has 0 radical (unpaired) electrons. The zero-order valence-corrected chi connectivity index (χ0v) is 54.7. The van der Waals surface area contributed by atoms with Gasteiger partial charge in [0.05, 0.1) is 37.9 Å². The summed E-state index contributed by atoms with van der Waals surface area (Å²) in [7, 11) is 7.10. The van der Waals surface area contributed by atoms with Gasteiger partial charge in [-0.3, -0.25) is 53.4 Å². The lowest BCUT2D eigenvalue weighted by molar-refractivity contribution is -0.156. The third kappa shape index (κ3) is 24.1. The van der Waals surface area contributed by atoms with Crippen LogP contribution in [0.2, 0.25) is 0 Å². The van der Waals surface area contributed by atoms with Crippen molar-refractivity contribution in [1.82, 2.24) is 61.7 Å². The molecule has 0 aromatic heterocycles. The minimum Gasteiger partial charge on any atom is -0.390 e. The number of hydrogen-bond acceptors (Lipinski definition) is 16. The molecule has 0 bridgehead atoms. The van der Waals surface area contributed by atoms with Crippen molar-refractivity contribution in [2.75, 3.05) is 74.6 Å². The van der Waals surface area contributed by atoms with Gasteiger partial charge >= 0.3 is 6.03 Å². The Morgan fingerprint density at radius 3 is 1.69 bits per heavy atom. The Hall–Kier alpha value is -5.89. The summed E-state index contributed by atoms with van der Waals surface area (Å²) >= 11 is 0. The molecular formula is C60H108N12O13. The molecule has 25 nitrogen and oxygen atoms in total. The Kier molecular flexibility index (Phi) is 32.9. The molecule has 1 aliphatic rings. The molecule has 1 saturated heterocycles. The lowest BCUT2D eigenvalue weighted by atomic mass is 9.92. The zero-order chi connectivity index (χ0) is 65.4. The molecule has 85 heavy (non-hydrogen) atoms. The first-order valence-corrected chi connectivity index (χ1v) is 30.1. The fraction of sp³-hybridized carbons (Fsp3) is 0.783. The van der Waals surface area contributed by atoms with Crippen LogP contribution in [0.25, 0.3) is 0 Å². The zero-order valence-electron chi connectivity index (χ0n) is 54.7. The van der Waals surface area contributed by atoms with Crippen LogP contribution in [0.4, 0.5) is 4.79 Å². The molecule has 8 N–H and O–H groups in total. The fourth-order valence-corrected chi connectivity index (χ4v) is 10.2.